The van der Waals surface area contributed by atoms with Crippen LogP contribution >= 0.6 is 23.4 Å². The third-order valence-corrected chi connectivity index (χ3v) is 11.5. The number of benzene rings is 2. The van der Waals surface area contributed by atoms with Gasteiger partial charge in [0.1, 0.15) is 10.6 Å². The third-order valence-electron chi connectivity index (χ3n) is 7.27. The van der Waals surface area contributed by atoms with Gasteiger partial charge in [-0.05, 0) is 67.8 Å². The SMILES string of the molecule is O=S(=O)(c1ccc(Cl)cc1)[C@@]12CCO[C@@H](CCSC3CCOCC3)[C@@H]1COc1c(F)ccc(F)c12. The van der Waals surface area contributed by atoms with Crippen molar-refractivity contribution in [3.05, 3.63) is 58.6 Å². The molecule has 10 heteroatoms. The molecule has 0 saturated carbocycles. The summed E-state index contributed by atoms with van der Waals surface area (Å²) in [5.74, 6) is -1.82. The molecule has 3 heterocycles. The highest BCUT2D eigenvalue weighted by atomic mass is 35.5. The van der Waals surface area contributed by atoms with Crippen LogP contribution in [0.3, 0.4) is 0 Å². The molecule has 0 aromatic heterocycles. The van der Waals surface area contributed by atoms with Gasteiger partial charge in [0.15, 0.2) is 21.4 Å². The van der Waals surface area contributed by atoms with Crippen LogP contribution in [0.1, 0.15) is 31.2 Å². The Balaban J connectivity index is 1.54. The van der Waals surface area contributed by atoms with Gasteiger partial charge in [0.2, 0.25) is 0 Å². The van der Waals surface area contributed by atoms with Crippen LogP contribution in [0.2, 0.25) is 5.02 Å². The Morgan fingerprint density at radius 1 is 1.03 bits per heavy atom. The maximum Gasteiger partial charge on any atom is 0.189 e. The molecular formula is C25H27ClF2O5S2. The molecule has 190 valence electrons. The quantitative estimate of drug-likeness (QED) is 0.486. The molecule has 5 rings (SSSR count). The Labute approximate surface area is 213 Å². The van der Waals surface area contributed by atoms with Crippen molar-refractivity contribution in [3.63, 3.8) is 0 Å². The Morgan fingerprint density at radius 2 is 1.74 bits per heavy atom. The van der Waals surface area contributed by atoms with E-state index in [9.17, 15) is 12.8 Å². The second-order valence-electron chi connectivity index (χ2n) is 9.13. The summed E-state index contributed by atoms with van der Waals surface area (Å²) in [6.45, 7) is 1.54. The number of rotatable bonds is 6. The van der Waals surface area contributed by atoms with Gasteiger partial charge in [-0.1, -0.05) is 11.6 Å². The van der Waals surface area contributed by atoms with E-state index in [1.807, 2.05) is 11.8 Å². The normalized spacial score (nSPS) is 27.1. The molecule has 3 aliphatic heterocycles. The summed E-state index contributed by atoms with van der Waals surface area (Å²) in [7, 11) is -4.18. The van der Waals surface area contributed by atoms with E-state index in [-0.39, 0.29) is 35.8 Å². The molecule has 0 unspecified atom stereocenters. The number of halogens is 3. The van der Waals surface area contributed by atoms with E-state index in [1.165, 1.54) is 24.3 Å². The average Bonchev–Trinajstić information content (AvgIpc) is 2.86. The van der Waals surface area contributed by atoms with Crippen molar-refractivity contribution in [2.24, 2.45) is 5.92 Å². The molecule has 35 heavy (non-hydrogen) atoms. The summed E-state index contributed by atoms with van der Waals surface area (Å²) in [5.41, 5.74) is -0.228. The molecule has 0 aliphatic carbocycles. The molecule has 0 bridgehead atoms. The zero-order chi connectivity index (χ0) is 24.6. The number of thioether (sulfide) groups is 1. The Hall–Kier alpha value is -1.39. The smallest absolute Gasteiger partial charge is 0.189 e. The predicted octanol–water partition coefficient (Wildman–Crippen LogP) is 5.39. The van der Waals surface area contributed by atoms with Crippen LogP contribution in [0.25, 0.3) is 0 Å². The first-order valence-electron chi connectivity index (χ1n) is 11.8. The Morgan fingerprint density at radius 3 is 2.49 bits per heavy atom. The van der Waals surface area contributed by atoms with Crippen molar-refractivity contribution >= 4 is 33.2 Å². The lowest BCUT2D eigenvalue weighted by Gasteiger charge is -2.50. The lowest BCUT2D eigenvalue weighted by Crippen LogP contribution is -2.57. The fourth-order valence-electron chi connectivity index (χ4n) is 5.53. The minimum Gasteiger partial charge on any atom is -0.490 e. The van der Waals surface area contributed by atoms with E-state index >= 15 is 4.39 Å². The van der Waals surface area contributed by atoms with Crippen LogP contribution < -0.4 is 4.74 Å². The van der Waals surface area contributed by atoms with Gasteiger partial charge in [-0.15, -0.1) is 0 Å². The fourth-order valence-corrected chi connectivity index (χ4v) is 9.23. The highest BCUT2D eigenvalue weighted by molar-refractivity contribution is 7.99. The van der Waals surface area contributed by atoms with Gasteiger partial charge in [-0.25, -0.2) is 17.2 Å². The van der Waals surface area contributed by atoms with Gasteiger partial charge in [0.25, 0.3) is 0 Å². The molecule has 2 aromatic carbocycles. The average molecular weight is 545 g/mol. The van der Waals surface area contributed by atoms with E-state index in [0.717, 1.165) is 43.9 Å². The van der Waals surface area contributed by atoms with Crippen molar-refractivity contribution in [2.45, 2.75) is 46.7 Å². The Kier molecular flexibility index (Phi) is 7.34. The highest BCUT2D eigenvalue weighted by Crippen LogP contribution is 2.56. The minimum absolute atomic E-state index is 0.00294. The van der Waals surface area contributed by atoms with Crippen molar-refractivity contribution in [1.82, 2.24) is 0 Å². The number of sulfone groups is 1. The number of hydrogen-bond acceptors (Lipinski definition) is 6. The predicted molar refractivity (Wildman–Crippen MR) is 131 cm³/mol. The third kappa shape index (κ3) is 4.48. The van der Waals surface area contributed by atoms with Gasteiger partial charge in [0, 0.05) is 36.0 Å². The van der Waals surface area contributed by atoms with Crippen LogP contribution in [0.5, 0.6) is 5.75 Å². The monoisotopic (exact) mass is 544 g/mol. The first kappa shape index (κ1) is 25.3. The molecule has 3 aliphatic rings. The Bertz CT molecular complexity index is 1170. The van der Waals surface area contributed by atoms with E-state index in [2.05, 4.69) is 0 Å². The molecule has 0 radical (unpaired) electrons. The molecular weight excluding hydrogens is 518 g/mol. The second-order valence-corrected chi connectivity index (χ2v) is 13.2. The summed E-state index contributed by atoms with van der Waals surface area (Å²) in [4.78, 5) is 0.0145. The first-order valence-corrected chi connectivity index (χ1v) is 14.7. The van der Waals surface area contributed by atoms with Gasteiger partial charge in [-0.3, -0.25) is 0 Å². The molecule has 5 nitrogen and oxygen atoms in total. The van der Waals surface area contributed by atoms with Crippen LogP contribution in [-0.2, 0) is 24.1 Å². The zero-order valence-corrected chi connectivity index (χ0v) is 21.4. The van der Waals surface area contributed by atoms with Crippen LogP contribution in [0.15, 0.2) is 41.3 Å². The van der Waals surface area contributed by atoms with E-state index in [1.54, 1.807) is 0 Å². The van der Waals surface area contributed by atoms with Gasteiger partial charge < -0.3 is 14.2 Å². The van der Waals surface area contributed by atoms with E-state index in [4.69, 9.17) is 25.8 Å². The highest BCUT2D eigenvalue weighted by Gasteiger charge is 2.61. The van der Waals surface area contributed by atoms with Crippen molar-refractivity contribution in [1.29, 1.82) is 0 Å². The maximum absolute atomic E-state index is 15.4. The topological polar surface area (TPSA) is 61.8 Å². The molecule has 0 amide bonds. The molecule has 2 saturated heterocycles. The minimum atomic E-state index is -4.18. The van der Waals surface area contributed by atoms with Gasteiger partial charge >= 0.3 is 0 Å². The van der Waals surface area contributed by atoms with E-state index in [0.29, 0.717) is 16.7 Å². The molecule has 2 aromatic rings. The molecule has 0 spiro atoms. The fraction of sp³-hybridized carbons (Fsp3) is 0.520. The maximum atomic E-state index is 15.4. The second kappa shape index (κ2) is 10.2. The summed E-state index contributed by atoms with van der Waals surface area (Å²) in [6.07, 6.45) is 2.07. The molecule has 2 fully saturated rings. The van der Waals surface area contributed by atoms with Crippen LogP contribution in [0.4, 0.5) is 8.78 Å². The van der Waals surface area contributed by atoms with E-state index < -0.39 is 38.2 Å². The zero-order valence-electron chi connectivity index (χ0n) is 19.1. The standard InChI is InChI=1S/C25H27ClF2O5S2/c26-16-1-3-18(4-2-16)35(29,30)25-10-13-32-22(9-14-34-17-7-11-31-12-8-17)19(25)15-33-24-21(28)6-5-20(27)23(24)25/h1-6,17,19,22H,7-15H2/t19-,22-,25-/m0/s1. The number of fused-ring (bicyclic) bond motifs is 3. The summed E-state index contributed by atoms with van der Waals surface area (Å²) < 4.78 is 74.3. The van der Waals surface area contributed by atoms with Crippen molar-refractivity contribution < 1.29 is 31.4 Å². The van der Waals surface area contributed by atoms with Crippen LogP contribution in [0, 0.1) is 17.6 Å². The summed E-state index contributed by atoms with van der Waals surface area (Å²) >= 11 is 7.83. The number of hydrogen-bond donors (Lipinski definition) is 0. The van der Waals surface area contributed by atoms with Gasteiger partial charge in [0.05, 0.1) is 23.2 Å². The largest absolute Gasteiger partial charge is 0.490 e. The lowest BCUT2D eigenvalue weighted by atomic mass is 9.75. The molecule has 3 atom stereocenters. The van der Waals surface area contributed by atoms with Gasteiger partial charge in [-0.2, -0.15) is 11.8 Å². The van der Waals surface area contributed by atoms with Crippen molar-refractivity contribution in [3.8, 4) is 5.75 Å². The first-order chi connectivity index (χ1) is 16.8. The van der Waals surface area contributed by atoms with Crippen LogP contribution in [-0.4, -0.2) is 52.0 Å². The summed E-state index contributed by atoms with van der Waals surface area (Å²) in [6, 6.07) is 7.76. The summed E-state index contributed by atoms with van der Waals surface area (Å²) in [5, 5.41) is 0.877. The molecule has 0 N–H and O–H groups in total. The number of ether oxygens (including phenoxy) is 3. The van der Waals surface area contributed by atoms with Crippen molar-refractivity contribution in [2.75, 3.05) is 32.2 Å². The lowest BCUT2D eigenvalue weighted by molar-refractivity contribution is -0.0731.